The fourth-order valence-corrected chi connectivity index (χ4v) is 9.41. The summed E-state index contributed by atoms with van der Waals surface area (Å²) < 4.78 is 5.89. The molecule has 28 heavy (non-hydrogen) atoms. The quantitative estimate of drug-likeness (QED) is 0.232. The average molecular weight is 484 g/mol. The van der Waals surface area contributed by atoms with Gasteiger partial charge in [-0.1, -0.05) is 84.5 Å². The number of rotatable bonds is 4. The summed E-state index contributed by atoms with van der Waals surface area (Å²) in [6.07, 6.45) is 6.14. The Morgan fingerprint density at radius 2 is 1.46 bits per heavy atom. The molecular weight excluding hydrogens is 459 g/mol. The van der Waals surface area contributed by atoms with Crippen LogP contribution in [0, 0.1) is 5.41 Å². The number of halogens is 1. The van der Waals surface area contributed by atoms with Gasteiger partial charge in [0.2, 0.25) is 0 Å². The number of hydrogen-bond donors (Lipinski definition) is 0. The fourth-order valence-electron chi connectivity index (χ4n) is 7.51. The van der Waals surface area contributed by atoms with E-state index in [4.69, 9.17) is 4.74 Å². The third kappa shape index (κ3) is 1.71. The van der Waals surface area contributed by atoms with Crippen LogP contribution in [0.3, 0.4) is 0 Å². The van der Waals surface area contributed by atoms with Gasteiger partial charge in [-0.15, -0.1) is 0 Å². The standard InChI is InChI=1S/C25H25IO2/c1-2-3-12-28-21(27)24-13-22-15-25(24,26)16-23(22,14-24)20-11-7-5-9-18(20)17-8-4-6-10-19(17)22/h4-11H,2-3,12-16H2,1H3. The summed E-state index contributed by atoms with van der Waals surface area (Å²) in [4.78, 5) is 13.5. The number of fused-ring (bicyclic) bond motifs is 3. The second-order valence-electron chi connectivity index (χ2n) is 9.50. The van der Waals surface area contributed by atoms with E-state index in [1.54, 1.807) is 0 Å². The van der Waals surface area contributed by atoms with Crippen LogP contribution in [0.15, 0.2) is 48.5 Å². The van der Waals surface area contributed by atoms with E-state index in [-0.39, 0.29) is 25.6 Å². The molecule has 2 atom stereocenters. The Kier molecular flexibility index (Phi) is 3.38. The van der Waals surface area contributed by atoms with Crippen molar-refractivity contribution in [3.63, 3.8) is 0 Å². The monoisotopic (exact) mass is 484 g/mol. The van der Waals surface area contributed by atoms with E-state index in [9.17, 15) is 4.79 Å². The lowest BCUT2D eigenvalue weighted by atomic mass is 9.55. The first-order chi connectivity index (χ1) is 13.5. The first kappa shape index (κ1) is 17.5. The number of alkyl halides is 1. The SMILES string of the molecule is CCCCOC(=O)C12CC34CC1(I)CC3(C2)c1ccccc1-c1ccccc14. The van der Waals surface area contributed by atoms with Crippen LogP contribution in [-0.4, -0.2) is 16.0 Å². The van der Waals surface area contributed by atoms with E-state index >= 15 is 0 Å². The van der Waals surface area contributed by atoms with Crippen LogP contribution in [0.1, 0.15) is 56.6 Å². The van der Waals surface area contributed by atoms with Crippen LogP contribution in [0.25, 0.3) is 11.1 Å². The van der Waals surface area contributed by atoms with Gasteiger partial charge >= 0.3 is 5.97 Å². The van der Waals surface area contributed by atoms with Crippen molar-refractivity contribution in [2.75, 3.05) is 6.61 Å². The predicted molar refractivity (Wildman–Crippen MR) is 119 cm³/mol. The van der Waals surface area contributed by atoms with Crippen molar-refractivity contribution in [3.8, 4) is 11.1 Å². The van der Waals surface area contributed by atoms with E-state index in [1.165, 1.54) is 22.3 Å². The molecule has 0 radical (unpaired) electrons. The lowest BCUT2D eigenvalue weighted by molar-refractivity contribution is -0.155. The second-order valence-corrected chi connectivity index (χ2v) is 11.6. The highest BCUT2D eigenvalue weighted by atomic mass is 127. The van der Waals surface area contributed by atoms with Crippen molar-refractivity contribution in [1.82, 2.24) is 0 Å². The number of ether oxygens (including phenoxy) is 1. The van der Waals surface area contributed by atoms with Gasteiger partial charge in [-0.25, -0.2) is 0 Å². The molecule has 4 bridgehead atoms. The summed E-state index contributed by atoms with van der Waals surface area (Å²) in [5.74, 6) is 0.0773. The Hall–Kier alpha value is -1.36. The molecule has 0 N–H and O–H groups in total. The molecule has 5 aliphatic rings. The highest BCUT2D eigenvalue weighted by molar-refractivity contribution is 14.1. The molecule has 2 aromatic carbocycles. The van der Waals surface area contributed by atoms with Crippen LogP contribution in [0.5, 0.6) is 0 Å². The third-order valence-corrected chi connectivity index (χ3v) is 10.2. The largest absolute Gasteiger partial charge is 0.465 e. The minimum Gasteiger partial charge on any atom is -0.465 e. The van der Waals surface area contributed by atoms with E-state index in [0.29, 0.717) is 6.61 Å². The second kappa shape index (κ2) is 5.41. The molecule has 0 saturated heterocycles. The zero-order valence-corrected chi connectivity index (χ0v) is 18.4. The molecular formula is C25H25IO2. The highest BCUT2D eigenvalue weighted by Crippen LogP contribution is 2.87. The number of unbranched alkanes of at least 4 members (excludes halogenated alkanes) is 1. The van der Waals surface area contributed by atoms with Gasteiger partial charge in [0.05, 0.1) is 12.0 Å². The van der Waals surface area contributed by atoms with Crippen LogP contribution >= 0.6 is 22.6 Å². The maximum absolute atomic E-state index is 13.5. The van der Waals surface area contributed by atoms with Gasteiger partial charge < -0.3 is 4.74 Å². The van der Waals surface area contributed by atoms with Gasteiger partial charge in [0.25, 0.3) is 0 Å². The van der Waals surface area contributed by atoms with Gasteiger partial charge in [0.1, 0.15) is 0 Å². The van der Waals surface area contributed by atoms with Crippen molar-refractivity contribution in [3.05, 3.63) is 59.7 Å². The number of benzene rings is 2. The summed E-state index contributed by atoms with van der Waals surface area (Å²) in [6.45, 7) is 2.71. The summed E-state index contributed by atoms with van der Waals surface area (Å²) >= 11 is 2.66. The van der Waals surface area contributed by atoms with Gasteiger partial charge in [0.15, 0.2) is 0 Å². The van der Waals surface area contributed by atoms with E-state index in [2.05, 4.69) is 78.0 Å². The van der Waals surface area contributed by atoms with Crippen molar-refractivity contribution in [2.45, 2.75) is 59.7 Å². The Bertz CT molecular complexity index is 948. The number of esters is 1. The molecule has 5 aliphatic carbocycles. The molecule has 0 heterocycles. The normalized spacial score (nSPS) is 38.2. The fraction of sp³-hybridized carbons (Fsp3) is 0.480. The minimum atomic E-state index is -0.328. The van der Waals surface area contributed by atoms with E-state index < -0.39 is 0 Å². The topological polar surface area (TPSA) is 26.3 Å². The molecule has 144 valence electrons. The third-order valence-electron chi connectivity index (χ3n) is 8.44. The molecule has 0 aromatic heterocycles. The van der Waals surface area contributed by atoms with Crippen molar-refractivity contribution in [1.29, 1.82) is 0 Å². The first-order valence-electron chi connectivity index (χ1n) is 10.6. The van der Waals surface area contributed by atoms with Crippen LogP contribution in [0.2, 0.25) is 0 Å². The van der Waals surface area contributed by atoms with E-state index in [0.717, 1.165) is 38.5 Å². The molecule has 0 amide bonds. The van der Waals surface area contributed by atoms with Crippen molar-refractivity contribution < 1.29 is 9.53 Å². The summed E-state index contributed by atoms with van der Waals surface area (Å²) in [7, 11) is 0. The summed E-state index contributed by atoms with van der Waals surface area (Å²) in [6, 6.07) is 17.9. The highest BCUT2D eigenvalue weighted by Gasteiger charge is 2.87. The van der Waals surface area contributed by atoms with Gasteiger partial charge in [0, 0.05) is 14.3 Å². The van der Waals surface area contributed by atoms with Gasteiger partial charge in [-0.05, 0) is 54.4 Å². The Morgan fingerprint density at radius 3 is 2.00 bits per heavy atom. The molecule has 4 saturated carbocycles. The number of hydrogen-bond acceptors (Lipinski definition) is 2. The smallest absolute Gasteiger partial charge is 0.313 e. The zero-order chi connectivity index (χ0) is 19.2. The maximum atomic E-state index is 13.5. The average Bonchev–Trinajstić information content (AvgIpc) is 3.33. The number of carbonyl (C=O) groups excluding carboxylic acids is 1. The molecule has 0 aliphatic heterocycles. The summed E-state index contributed by atoms with van der Waals surface area (Å²) in [5, 5.41) is 0. The van der Waals surface area contributed by atoms with Crippen molar-refractivity contribution in [2.24, 2.45) is 5.41 Å². The predicted octanol–water partition coefficient (Wildman–Crippen LogP) is 5.95. The van der Waals surface area contributed by atoms with Crippen molar-refractivity contribution >= 4 is 28.6 Å². The Balaban J connectivity index is 1.56. The molecule has 3 heteroatoms. The first-order valence-corrected chi connectivity index (χ1v) is 11.7. The van der Waals surface area contributed by atoms with Crippen LogP contribution in [-0.2, 0) is 20.4 Å². The molecule has 2 unspecified atom stereocenters. The minimum absolute atomic E-state index is 0.0125. The molecule has 2 nitrogen and oxygen atoms in total. The van der Waals surface area contributed by atoms with E-state index in [1.807, 2.05) is 0 Å². The van der Waals surface area contributed by atoms with Crippen LogP contribution in [0.4, 0.5) is 0 Å². The van der Waals surface area contributed by atoms with Crippen LogP contribution < -0.4 is 0 Å². The summed E-state index contributed by atoms with van der Waals surface area (Å²) in [5.41, 5.74) is 5.57. The van der Waals surface area contributed by atoms with Gasteiger partial charge in [-0.3, -0.25) is 4.79 Å². The molecule has 4 fully saturated rings. The lowest BCUT2D eigenvalue weighted by Gasteiger charge is -2.47. The molecule has 2 spiro atoms. The zero-order valence-electron chi connectivity index (χ0n) is 16.3. The Labute approximate surface area is 180 Å². The molecule has 2 aromatic rings. The molecule has 7 rings (SSSR count). The lowest BCUT2D eigenvalue weighted by Crippen LogP contribution is -2.43. The maximum Gasteiger partial charge on any atom is 0.313 e. The number of carbonyl (C=O) groups is 1. The Morgan fingerprint density at radius 1 is 0.929 bits per heavy atom. The van der Waals surface area contributed by atoms with Gasteiger partial charge in [-0.2, -0.15) is 0 Å².